The Labute approximate surface area is 99.2 Å². The SMILES string of the molecule is N#Cc1ncccc1CN1CCCN(N)C1=O. The molecule has 2 rings (SSSR count). The number of urea groups is 1. The van der Waals surface area contributed by atoms with E-state index < -0.39 is 0 Å². The molecule has 2 heterocycles. The van der Waals surface area contributed by atoms with Crippen LogP contribution in [0, 0.1) is 11.3 Å². The van der Waals surface area contributed by atoms with Crippen molar-refractivity contribution < 1.29 is 4.79 Å². The van der Waals surface area contributed by atoms with Crippen molar-refractivity contribution in [2.45, 2.75) is 13.0 Å². The molecule has 2 N–H and O–H groups in total. The summed E-state index contributed by atoms with van der Waals surface area (Å²) >= 11 is 0. The van der Waals surface area contributed by atoms with Crippen LogP contribution in [0.4, 0.5) is 4.79 Å². The molecule has 17 heavy (non-hydrogen) atoms. The van der Waals surface area contributed by atoms with Crippen LogP contribution in [0.25, 0.3) is 0 Å². The van der Waals surface area contributed by atoms with E-state index in [-0.39, 0.29) is 6.03 Å². The zero-order valence-corrected chi connectivity index (χ0v) is 9.33. The monoisotopic (exact) mass is 231 g/mol. The average molecular weight is 231 g/mol. The van der Waals surface area contributed by atoms with E-state index >= 15 is 0 Å². The number of rotatable bonds is 2. The van der Waals surface area contributed by atoms with Gasteiger partial charge in [0.25, 0.3) is 0 Å². The van der Waals surface area contributed by atoms with Crippen LogP contribution < -0.4 is 5.84 Å². The van der Waals surface area contributed by atoms with Gasteiger partial charge in [-0.05, 0) is 12.5 Å². The normalized spacial score (nSPS) is 15.9. The van der Waals surface area contributed by atoms with Gasteiger partial charge in [-0.25, -0.2) is 15.6 Å². The quantitative estimate of drug-likeness (QED) is 0.591. The number of aromatic nitrogens is 1. The highest BCUT2D eigenvalue weighted by molar-refractivity contribution is 5.74. The molecule has 0 radical (unpaired) electrons. The zero-order chi connectivity index (χ0) is 12.3. The topological polar surface area (TPSA) is 86.2 Å². The fourth-order valence-electron chi connectivity index (χ4n) is 1.82. The van der Waals surface area contributed by atoms with Gasteiger partial charge in [-0.1, -0.05) is 6.07 Å². The molecule has 0 saturated carbocycles. The van der Waals surface area contributed by atoms with E-state index in [1.54, 1.807) is 23.2 Å². The van der Waals surface area contributed by atoms with Crippen molar-refractivity contribution >= 4 is 6.03 Å². The Morgan fingerprint density at radius 3 is 3.12 bits per heavy atom. The van der Waals surface area contributed by atoms with Crippen molar-refractivity contribution in [1.82, 2.24) is 14.9 Å². The van der Waals surface area contributed by atoms with Gasteiger partial charge in [0.05, 0.1) is 6.54 Å². The summed E-state index contributed by atoms with van der Waals surface area (Å²) in [5, 5.41) is 10.1. The third-order valence-corrected chi connectivity index (χ3v) is 2.70. The highest BCUT2D eigenvalue weighted by Crippen LogP contribution is 2.12. The average Bonchev–Trinajstić information content (AvgIpc) is 2.35. The summed E-state index contributed by atoms with van der Waals surface area (Å²) in [6, 6.07) is 5.37. The minimum Gasteiger partial charge on any atom is -0.319 e. The van der Waals surface area contributed by atoms with Crippen LogP contribution >= 0.6 is 0 Å². The smallest absolute Gasteiger partial charge is 0.319 e. The maximum atomic E-state index is 11.8. The standard InChI is InChI=1S/C11H13N5O/c12-7-10-9(3-1-4-14-10)8-15-5-2-6-16(13)11(15)17/h1,3-4H,2,5-6,8,13H2. The Morgan fingerprint density at radius 1 is 1.53 bits per heavy atom. The summed E-state index contributed by atoms with van der Waals surface area (Å²) in [4.78, 5) is 17.3. The third-order valence-electron chi connectivity index (χ3n) is 2.70. The zero-order valence-electron chi connectivity index (χ0n) is 9.33. The number of carbonyl (C=O) groups is 1. The number of nitriles is 1. The Kier molecular flexibility index (Phi) is 3.21. The lowest BCUT2D eigenvalue weighted by molar-refractivity contribution is 0.127. The van der Waals surface area contributed by atoms with Gasteiger partial charge in [0.1, 0.15) is 11.8 Å². The second-order valence-corrected chi connectivity index (χ2v) is 3.87. The molecule has 0 aliphatic carbocycles. The van der Waals surface area contributed by atoms with Gasteiger partial charge in [0.2, 0.25) is 0 Å². The van der Waals surface area contributed by atoms with Crippen molar-refractivity contribution in [3.8, 4) is 6.07 Å². The van der Waals surface area contributed by atoms with Crippen LogP contribution in [0.15, 0.2) is 18.3 Å². The summed E-state index contributed by atoms with van der Waals surface area (Å²) in [5.41, 5.74) is 1.10. The minimum atomic E-state index is -0.205. The number of nitrogens with two attached hydrogens (primary N) is 1. The maximum absolute atomic E-state index is 11.8. The summed E-state index contributed by atoms with van der Waals surface area (Å²) in [5.74, 6) is 5.55. The molecule has 1 saturated heterocycles. The maximum Gasteiger partial charge on any atom is 0.334 e. The Balaban J connectivity index is 2.15. The van der Waals surface area contributed by atoms with Gasteiger partial charge in [-0.3, -0.25) is 5.01 Å². The largest absolute Gasteiger partial charge is 0.334 e. The molecule has 6 nitrogen and oxygen atoms in total. The molecule has 1 aromatic heterocycles. The van der Waals surface area contributed by atoms with Crippen molar-refractivity contribution in [2.75, 3.05) is 13.1 Å². The molecule has 2 amide bonds. The fraction of sp³-hybridized carbons (Fsp3) is 0.364. The predicted octanol–water partition coefficient (Wildman–Crippen LogP) is 0.455. The van der Waals surface area contributed by atoms with Gasteiger partial charge in [0.15, 0.2) is 0 Å². The molecule has 0 unspecified atom stereocenters. The lowest BCUT2D eigenvalue weighted by atomic mass is 10.2. The molecule has 0 atom stereocenters. The number of nitrogens with zero attached hydrogens (tertiary/aromatic N) is 4. The van der Waals surface area contributed by atoms with Gasteiger partial charge in [-0.15, -0.1) is 0 Å². The Hall–Kier alpha value is -2.13. The summed E-state index contributed by atoms with van der Waals surface area (Å²) in [6.45, 7) is 1.61. The van der Waals surface area contributed by atoms with E-state index in [1.165, 1.54) is 5.01 Å². The van der Waals surface area contributed by atoms with E-state index in [1.807, 2.05) is 6.07 Å². The molecule has 1 aliphatic heterocycles. The third kappa shape index (κ3) is 2.34. The van der Waals surface area contributed by atoms with Gasteiger partial charge in [0, 0.05) is 24.8 Å². The van der Waals surface area contributed by atoms with Crippen LogP contribution in [0.2, 0.25) is 0 Å². The molecular formula is C11H13N5O. The lowest BCUT2D eigenvalue weighted by Crippen LogP contribution is -2.52. The van der Waals surface area contributed by atoms with E-state index in [4.69, 9.17) is 11.1 Å². The number of hydrazine groups is 1. The summed E-state index contributed by atoms with van der Waals surface area (Å²) in [6.07, 6.45) is 2.40. The number of carbonyl (C=O) groups excluding carboxylic acids is 1. The second kappa shape index (κ2) is 4.80. The molecular weight excluding hydrogens is 218 g/mol. The summed E-state index contributed by atoms with van der Waals surface area (Å²) < 4.78 is 0. The van der Waals surface area contributed by atoms with E-state index in [0.29, 0.717) is 25.3 Å². The van der Waals surface area contributed by atoms with Crippen molar-refractivity contribution in [2.24, 2.45) is 5.84 Å². The van der Waals surface area contributed by atoms with Crippen LogP contribution in [-0.2, 0) is 6.54 Å². The second-order valence-electron chi connectivity index (χ2n) is 3.87. The van der Waals surface area contributed by atoms with E-state index in [0.717, 1.165) is 12.0 Å². The molecule has 0 bridgehead atoms. The van der Waals surface area contributed by atoms with Crippen LogP contribution in [0.1, 0.15) is 17.7 Å². The van der Waals surface area contributed by atoms with Crippen LogP contribution in [0.5, 0.6) is 0 Å². The molecule has 1 aliphatic rings. The van der Waals surface area contributed by atoms with Crippen LogP contribution in [0.3, 0.4) is 0 Å². The Morgan fingerprint density at radius 2 is 2.35 bits per heavy atom. The molecule has 0 aromatic carbocycles. The first-order valence-corrected chi connectivity index (χ1v) is 5.37. The first-order chi connectivity index (χ1) is 8.22. The number of hydrogen-bond acceptors (Lipinski definition) is 4. The predicted molar refractivity (Wildman–Crippen MR) is 60.3 cm³/mol. The summed E-state index contributed by atoms with van der Waals surface area (Å²) in [7, 11) is 0. The van der Waals surface area contributed by atoms with E-state index in [9.17, 15) is 4.79 Å². The molecule has 1 fully saturated rings. The highest BCUT2D eigenvalue weighted by atomic mass is 16.2. The first kappa shape index (κ1) is 11.4. The van der Waals surface area contributed by atoms with Crippen molar-refractivity contribution in [3.05, 3.63) is 29.6 Å². The lowest BCUT2D eigenvalue weighted by Gasteiger charge is -2.32. The van der Waals surface area contributed by atoms with Crippen LogP contribution in [-0.4, -0.2) is 34.0 Å². The van der Waals surface area contributed by atoms with Gasteiger partial charge >= 0.3 is 6.03 Å². The van der Waals surface area contributed by atoms with Gasteiger partial charge in [-0.2, -0.15) is 5.26 Å². The number of pyridine rings is 1. The number of hydrogen-bond donors (Lipinski definition) is 1. The first-order valence-electron chi connectivity index (χ1n) is 5.37. The molecule has 6 heteroatoms. The number of amides is 2. The molecule has 0 spiro atoms. The van der Waals surface area contributed by atoms with Gasteiger partial charge < -0.3 is 4.90 Å². The van der Waals surface area contributed by atoms with Crippen molar-refractivity contribution in [1.29, 1.82) is 5.26 Å². The fourth-order valence-corrected chi connectivity index (χ4v) is 1.82. The molecule has 88 valence electrons. The molecule has 1 aromatic rings. The highest BCUT2D eigenvalue weighted by Gasteiger charge is 2.23. The Bertz CT molecular complexity index is 467. The van der Waals surface area contributed by atoms with Crippen molar-refractivity contribution in [3.63, 3.8) is 0 Å². The minimum absolute atomic E-state index is 0.205. The van der Waals surface area contributed by atoms with E-state index in [2.05, 4.69) is 4.98 Å².